The summed E-state index contributed by atoms with van der Waals surface area (Å²) in [5.41, 5.74) is 8.11. The Morgan fingerprint density at radius 1 is 1.04 bits per heavy atom. The van der Waals surface area contributed by atoms with Gasteiger partial charge in [0.1, 0.15) is 0 Å². The summed E-state index contributed by atoms with van der Waals surface area (Å²) in [6.45, 7) is 4.85. The van der Waals surface area contributed by atoms with Gasteiger partial charge in [-0.3, -0.25) is 4.99 Å². The highest BCUT2D eigenvalue weighted by Gasteiger charge is 2.02. The molecule has 2 aromatic rings. The molecular weight excluding hydrogens is 399 g/mol. The normalized spacial score (nSPS) is 10.7. The maximum absolute atomic E-state index is 5.89. The van der Waals surface area contributed by atoms with Crippen molar-refractivity contribution in [2.45, 2.75) is 13.3 Å². The van der Waals surface area contributed by atoms with Crippen molar-refractivity contribution in [1.82, 2.24) is 0 Å². The maximum Gasteiger partial charge on any atom is 0.193 e. The Kier molecular flexibility index (Phi) is 9.12. The van der Waals surface area contributed by atoms with Crippen LogP contribution >= 0.6 is 24.0 Å². The number of aliphatic imine (C=N–C) groups is 1. The maximum atomic E-state index is 5.89. The van der Waals surface area contributed by atoms with Crippen LogP contribution in [0.15, 0.2) is 65.7 Å². The van der Waals surface area contributed by atoms with Crippen molar-refractivity contribution in [3.63, 3.8) is 0 Å². The Labute approximate surface area is 155 Å². The van der Waals surface area contributed by atoms with Gasteiger partial charge in [0.2, 0.25) is 0 Å². The fourth-order valence-corrected chi connectivity index (χ4v) is 2.28. The summed E-state index contributed by atoms with van der Waals surface area (Å²) in [7, 11) is 0. The summed E-state index contributed by atoms with van der Waals surface area (Å²) in [5, 5.41) is 3.09. The zero-order chi connectivity index (χ0) is 15.6. The van der Waals surface area contributed by atoms with Gasteiger partial charge in [0.25, 0.3) is 0 Å². The number of hydrogen-bond acceptors (Lipinski definition) is 2. The molecule has 0 aliphatic rings. The van der Waals surface area contributed by atoms with Crippen LogP contribution in [0, 0.1) is 0 Å². The Morgan fingerprint density at radius 3 is 2.26 bits per heavy atom. The summed E-state index contributed by atoms with van der Waals surface area (Å²) in [6, 6.07) is 20.3. The van der Waals surface area contributed by atoms with Crippen LogP contribution in [-0.4, -0.2) is 25.6 Å². The molecule has 0 heterocycles. The summed E-state index contributed by atoms with van der Waals surface area (Å²) < 4.78 is 0. The molecule has 0 spiro atoms. The van der Waals surface area contributed by atoms with Crippen LogP contribution < -0.4 is 16.0 Å². The third kappa shape index (κ3) is 6.90. The highest BCUT2D eigenvalue weighted by Crippen LogP contribution is 2.12. The van der Waals surface area contributed by atoms with Crippen molar-refractivity contribution >= 4 is 41.3 Å². The third-order valence-corrected chi connectivity index (χ3v) is 3.42. The van der Waals surface area contributed by atoms with E-state index in [4.69, 9.17) is 5.73 Å². The SMILES string of the molecule is CCN(CCCN=C(N)Nc1ccccc1)c1ccccc1.I. The van der Waals surface area contributed by atoms with Crippen LogP contribution in [0.2, 0.25) is 0 Å². The monoisotopic (exact) mass is 424 g/mol. The second-order valence-corrected chi connectivity index (χ2v) is 5.03. The van der Waals surface area contributed by atoms with Gasteiger partial charge in [-0.2, -0.15) is 0 Å². The van der Waals surface area contributed by atoms with Crippen molar-refractivity contribution in [2.75, 3.05) is 29.9 Å². The standard InChI is InChI=1S/C18H24N4.HI/c1-2-22(17-12-7-4-8-13-17)15-9-14-20-18(19)21-16-10-5-3-6-11-16;/h3-8,10-13H,2,9,14-15H2,1H3,(H3,19,20,21);1H. The Hall–Kier alpha value is -1.76. The average Bonchev–Trinajstić information content (AvgIpc) is 2.56. The molecule has 0 aliphatic carbocycles. The van der Waals surface area contributed by atoms with E-state index >= 15 is 0 Å². The Morgan fingerprint density at radius 2 is 1.65 bits per heavy atom. The molecule has 0 aliphatic heterocycles. The number of nitrogens with two attached hydrogens (primary N) is 1. The predicted molar refractivity (Wildman–Crippen MR) is 111 cm³/mol. The largest absolute Gasteiger partial charge is 0.372 e. The molecule has 0 aromatic heterocycles. The number of guanidine groups is 1. The topological polar surface area (TPSA) is 53.6 Å². The van der Waals surface area contributed by atoms with Crippen LogP contribution in [-0.2, 0) is 0 Å². The molecule has 3 N–H and O–H groups in total. The van der Waals surface area contributed by atoms with Crippen molar-refractivity contribution < 1.29 is 0 Å². The van der Waals surface area contributed by atoms with E-state index in [9.17, 15) is 0 Å². The van der Waals surface area contributed by atoms with Crippen molar-refractivity contribution in [1.29, 1.82) is 0 Å². The number of nitrogens with zero attached hydrogens (tertiary/aromatic N) is 2. The lowest BCUT2D eigenvalue weighted by molar-refractivity contribution is 0.755. The molecular formula is C18H25IN4. The van der Waals surface area contributed by atoms with Gasteiger partial charge in [0.05, 0.1) is 0 Å². The van der Waals surface area contributed by atoms with Gasteiger partial charge in [-0.1, -0.05) is 36.4 Å². The fraction of sp³-hybridized carbons (Fsp3) is 0.278. The number of halogens is 1. The molecule has 23 heavy (non-hydrogen) atoms. The number of benzene rings is 2. The van der Waals surface area contributed by atoms with E-state index in [-0.39, 0.29) is 24.0 Å². The molecule has 0 saturated heterocycles. The highest BCUT2D eigenvalue weighted by atomic mass is 127. The molecule has 2 rings (SSSR count). The summed E-state index contributed by atoms with van der Waals surface area (Å²) >= 11 is 0. The van der Waals surface area contributed by atoms with Gasteiger partial charge in [0, 0.05) is 31.0 Å². The minimum Gasteiger partial charge on any atom is -0.372 e. The number of para-hydroxylation sites is 2. The lowest BCUT2D eigenvalue weighted by Crippen LogP contribution is -2.26. The molecule has 0 saturated carbocycles. The van der Waals surface area contributed by atoms with E-state index in [0.717, 1.165) is 31.7 Å². The van der Waals surface area contributed by atoms with Gasteiger partial charge in [-0.15, -0.1) is 24.0 Å². The van der Waals surface area contributed by atoms with E-state index in [0.29, 0.717) is 5.96 Å². The van der Waals surface area contributed by atoms with Crippen molar-refractivity contribution in [3.05, 3.63) is 60.7 Å². The zero-order valence-electron chi connectivity index (χ0n) is 13.5. The molecule has 0 fully saturated rings. The summed E-state index contributed by atoms with van der Waals surface area (Å²) in [4.78, 5) is 6.72. The van der Waals surface area contributed by atoms with Gasteiger partial charge in [0.15, 0.2) is 5.96 Å². The molecule has 0 bridgehead atoms. The molecule has 0 amide bonds. The van der Waals surface area contributed by atoms with Crippen LogP contribution in [0.4, 0.5) is 11.4 Å². The predicted octanol–water partition coefficient (Wildman–Crippen LogP) is 3.95. The second kappa shape index (κ2) is 10.9. The quantitative estimate of drug-likeness (QED) is 0.306. The minimum atomic E-state index is 0. The van der Waals surface area contributed by atoms with Crippen LogP contribution in [0.1, 0.15) is 13.3 Å². The third-order valence-electron chi connectivity index (χ3n) is 3.42. The van der Waals surface area contributed by atoms with Gasteiger partial charge < -0.3 is 16.0 Å². The first-order chi connectivity index (χ1) is 10.8. The van der Waals surface area contributed by atoms with Crippen LogP contribution in [0.3, 0.4) is 0 Å². The fourth-order valence-electron chi connectivity index (χ4n) is 2.28. The Balaban J connectivity index is 0.00000264. The van der Waals surface area contributed by atoms with Gasteiger partial charge >= 0.3 is 0 Å². The minimum absolute atomic E-state index is 0. The molecule has 0 radical (unpaired) electrons. The molecule has 0 unspecified atom stereocenters. The number of nitrogens with one attached hydrogen (secondary N) is 1. The number of hydrogen-bond donors (Lipinski definition) is 2. The average molecular weight is 424 g/mol. The van der Waals surface area contributed by atoms with Crippen LogP contribution in [0.5, 0.6) is 0 Å². The first kappa shape index (κ1) is 19.3. The van der Waals surface area contributed by atoms with E-state index in [1.165, 1.54) is 5.69 Å². The molecule has 5 heteroatoms. The molecule has 124 valence electrons. The van der Waals surface area contributed by atoms with Crippen molar-refractivity contribution in [2.24, 2.45) is 10.7 Å². The van der Waals surface area contributed by atoms with E-state index in [1.54, 1.807) is 0 Å². The molecule has 2 aromatic carbocycles. The first-order valence-electron chi connectivity index (χ1n) is 7.71. The number of anilines is 2. The Bertz CT molecular complexity index is 572. The van der Waals surface area contributed by atoms with Crippen molar-refractivity contribution in [3.8, 4) is 0 Å². The smallest absolute Gasteiger partial charge is 0.193 e. The summed E-state index contributed by atoms with van der Waals surface area (Å²) in [5.74, 6) is 0.467. The zero-order valence-corrected chi connectivity index (χ0v) is 15.8. The molecule has 0 atom stereocenters. The van der Waals surface area contributed by atoms with Crippen LogP contribution in [0.25, 0.3) is 0 Å². The summed E-state index contributed by atoms with van der Waals surface area (Å²) in [6.07, 6.45) is 0.972. The molecule has 4 nitrogen and oxygen atoms in total. The van der Waals surface area contributed by atoms with E-state index in [1.807, 2.05) is 36.4 Å². The first-order valence-corrected chi connectivity index (χ1v) is 7.71. The lowest BCUT2D eigenvalue weighted by Gasteiger charge is -2.22. The highest BCUT2D eigenvalue weighted by molar-refractivity contribution is 14.0. The van der Waals surface area contributed by atoms with E-state index < -0.39 is 0 Å². The lowest BCUT2D eigenvalue weighted by atomic mass is 10.2. The van der Waals surface area contributed by atoms with E-state index in [2.05, 4.69) is 46.4 Å². The second-order valence-electron chi connectivity index (χ2n) is 5.03. The van der Waals surface area contributed by atoms with Gasteiger partial charge in [-0.05, 0) is 37.6 Å². The van der Waals surface area contributed by atoms with Gasteiger partial charge in [-0.25, -0.2) is 0 Å². The number of rotatable bonds is 7.